The summed E-state index contributed by atoms with van der Waals surface area (Å²) in [5, 5.41) is 3.39. The van der Waals surface area contributed by atoms with E-state index in [1.54, 1.807) is 0 Å². The van der Waals surface area contributed by atoms with Gasteiger partial charge >= 0.3 is 6.18 Å². The van der Waals surface area contributed by atoms with E-state index in [0.717, 1.165) is 16.4 Å². The molecule has 1 saturated heterocycles. The quantitative estimate of drug-likeness (QED) is 0.922. The Morgan fingerprint density at radius 2 is 2.05 bits per heavy atom. The van der Waals surface area contributed by atoms with Crippen molar-refractivity contribution in [3.63, 3.8) is 0 Å². The van der Waals surface area contributed by atoms with Crippen LogP contribution in [0.2, 0.25) is 0 Å². The summed E-state index contributed by atoms with van der Waals surface area (Å²) in [4.78, 5) is 17.3. The first-order chi connectivity index (χ1) is 10.1. The van der Waals surface area contributed by atoms with Crippen molar-refractivity contribution in [1.29, 1.82) is 0 Å². The molecular formula is C13H19F3N4OS. The summed E-state index contributed by atoms with van der Waals surface area (Å²) in [7, 11) is 0. The van der Waals surface area contributed by atoms with Crippen LogP contribution in [0.4, 0.5) is 18.3 Å². The molecule has 1 N–H and O–H groups in total. The molecule has 22 heavy (non-hydrogen) atoms. The van der Waals surface area contributed by atoms with Crippen molar-refractivity contribution in [3.8, 4) is 0 Å². The third kappa shape index (κ3) is 4.31. The standard InChI is InChI=1S/C13H19F3N4OS/c1-12(2,3)10-18-11(22-19-10)17-8-5-4-6-20(9(8)21)7-13(14,15)16/h8H,4-7H2,1-3H3,(H,17,18,19). The number of aromatic nitrogens is 2. The van der Waals surface area contributed by atoms with E-state index in [1.165, 1.54) is 0 Å². The molecule has 1 aliphatic rings. The lowest BCUT2D eigenvalue weighted by molar-refractivity contribution is -0.163. The second kappa shape index (κ2) is 6.02. The molecule has 9 heteroatoms. The highest BCUT2D eigenvalue weighted by molar-refractivity contribution is 7.09. The molecule has 0 radical (unpaired) electrons. The van der Waals surface area contributed by atoms with E-state index < -0.39 is 24.7 Å². The van der Waals surface area contributed by atoms with Crippen molar-refractivity contribution < 1.29 is 18.0 Å². The Labute approximate surface area is 131 Å². The fourth-order valence-corrected chi connectivity index (χ4v) is 2.99. The molecule has 1 atom stereocenters. The molecule has 1 aromatic heterocycles. The molecular weight excluding hydrogens is 317 g/mol. The Morgan fingerprint density at radius 1 is 1.36 bits per heavy atom. The molecule has 1 amide bonds. The normalized spacial score (nSPS) is 20.4. The van der Waals surface area contributed by atoms with Gasteiger partial charge < -0.3 is 10.2 Å². The maximum absolute atomic E-state index is 12.5. The van der Waals surface area contributed by atoms with Gasteiger partial charge in [0, 0.05) is 23.5 Å². The molecule has 0 saturated carbocycles. The lowest BCUT2D eigenvalue weighted by Crippen LogP contribution is -2.50. The number of carbonyl (C=O) groups excluding carboxylic acids is 1. The summed E-state index contributed by atoms with van der Waals surface area (Å²) in [5.74, 6) is 0.117. The van der Waals surface area contributed by atoms with E-state index in [9.17, 15) is 18.0 Å². The van der Waals surface area contributed by atoms with Gasteiger partial charge in [0.25, 0.3) is 0 Å². The fourth-order valence-electron chi connectivity index (χ4n) is 2.18. The van der Waals surface area contributed by atoms with Crippen molar-refractivity contribution in [1.82, 2.24) is 14.3 Å². The third-order valence-electron chi connectivity index (χ3n) is 3.30. The zero-order chi connectivity index (χ0) is 16.5. The number of alkyl halides is 3. The van der Waals surface area contributed by atoms with Crippen LogP contribution in [0.1, 0.15) is 39.4 Å². The number of amides is 1. The highest BCUT2D eigenvalue weighted by Crippen LogP contribution is 2.26. The predicted molar refractivity (Wildman–Crippen MR) is 77.9 cm³/mol. The molecule has 0 aliphatic carbocycles. The number of nitrogens with one attached hydrogen (secondary N) is 1. The Hall–Kier alpha value is -1.38. The Bertz CT molecular complexity index is 538. The number of hydrogen-bond donors (Lipinski definition) is 1. The highest BCUT2D eigenvalue weighted by Gasteiger charge is 2.37. The van der Waals surface area contributed by atoms with Crippen LogP contribution in [-0.2, 0) is 10.2 Å². The summed E-state index contributed by atoms with van der Waals surface area (Å²) in [6.07, 6.45) is -3.35. The number of nitrogens with zero attached hydrogens (tertiary/aromatic N) is 3. The van der Waals surface area contributed by atoms with Gasteiger partial charge in [-0.1, -0.05) is 20.8 Å². The minimum absolute atomic E-state index is 0.139. The van der Waals surface area contributed by atoms with Crippen LogP contribution in [0.15, 0.2) is 0 Å². The summed E-state index contributed by atoms with van der Waals surface area (Å²) in [6, 6.07) is -0.670. The van der Waals surface area contributed by atoms with Crippen LogP contribution < -0.4 is 5.32 Å². The Balaban J connectivity index is 2.03. The maximum Gasteiger partial charge on any atom is 0.406 e. The Morgan fingerprint density at radius 3 is 2.59 bits per heavy atom. The van der Waals surface area contributed by atoms with Gasteiger partial charge in [0.1, 0.15) is 18.4 Å². The van der Waals surface area contributed by atoms with E-state index >= 15 is 0 Å². The zero-order valence-electron chi connectivity index (χ0n) is 12.7. The van der Waals surface area contributed by atoms with Gasteiger partial charge in [-0.2, -0.15) is 17.5 Å². The number of hydrogen-bond acceptors (Lipinski definition) is 5. The summed E-state index contributed by atoms with van der Waals surface area (Å²) in [6.45, 7) is 4.84. The number of likely N-dealkylation sites (tertiary alicyclic amines) is 1. The minimum atomic E-state index is -4.38. The molecule has 1 aromatic rings. The van der Waals surface area contributed by atoms with Crippen LogP contribution in [0, 0.1) is 0 Å². The van der Waals surface area contributed by atoms with Crippen molar-refractivity contribution in [3.05, 3.63) is 5.82 Å². The second-order valence-corrected chi connectivity index (χ2v) is 7.14. The topological polar surface area (TPSA) is 58.1 Å². The minimum Gasteiger partial charge on any atom is -0.349 e. The number of piperidine rings is 1. The van der Waals surface area contributed by atoms with Crippen LogP contribution in [0.5, 0.6) is 0 Å². The van der Waals surface area contributed by atoms with Crippen LogP contribution in [0.3, 0.4) is 0 Å². The first-order valence-corrected chi connectivity index (χ1v) is 7.80. The molecule has 1 aliphatic heterocycles. The second-order valence-electron chi connectivity index (χ2n) is 6.39. The van der Waals surface area contributed by atoms with Crippen LogP contribution >= 0.6 is 11.5 Å². The molecule has 124 valence electrons. The highest BCUT2D eigenvalue weighted by atomic mass is 32.1. The lowest BCUT2D eigenvalue weighted by atomic mass is 9.96. The van der Waals surface area contributed by atoms with Crippen molar-refractivity contribution in [2.45, 2.75) is 51.2 Å². The fraction of sp³-hybridized carbons (Fsp3) is 0.769. The van der Waals surface area contributed by atoms with Gasteiger partial charge in [0.15, 0.2) is 0 Å². The van der Waals surface area contributed by atoms with Crippen molar-refractivity contribution >= 4 is 22.6 Å². The van der Waals surface area contributed by atoms with Gasteiger partial charge in [-0.3, -0.25) is 4.79 Å². The van der Waals surface area contributed by atoms with Crippen LogP contribution in [-0.4, -0.2) is 45.5 Å². The van der Waals surface area contributed by atoms with E-state index in [1.807, 2.05) is 20.8 Å². The number of carbonyl (C=O) groups is 1. The molecule has 2 heterocycles. The first-order valence-electron chi connectivity index (χ1n) is 7.02. The molecule has 1 fully saturated rings. The average Bonchev–Trinajstić information content (AvgIpc) is 2.81. The summed E-state index contributed by atoms with van der Waals surface area (Å²) >= 11 is 1.12. The monoisotopic (exact) mass is 336 g/mol. The van der Waals surface area contributed by atoms with Gasteiger partial charge in [-0.15, -0.1) is 0 Å². The molecule has 0 spiro atoms. The lowest BCUT2D eigenvalue weighted by Gasteiger charge is -2.32. The molecule has 5 nitrogen and oxygen atoms in total. The number of anilines is 1. The van der Waals surface area contributed by atoms with Gasteiger partial charge in [0.2, 0.25) is 11.0 Å². The van der Waals surface area contributed by atoms with Crippen LogP contribution in [0.25, 0.3) is 0 Å². The van der Waals surface area contributed by atoms with E-state index in [4.69, 9.17) is 0 Å². The average molecular weight is 336 g/mol. The SMILES string of the molecule is CC(C)(C)c1nsc(NC2CCCN(CC(F)(F)F)C2=O)n1. The molecule has 1 unspecified atom stereocenters. The Kier molecular flexibility index (Phi) is 4.65. The number of halogens is 3. The van der Waals surface area contributed by atoms with E-state index in [-0.39, 0.29) is 12.0 Å². The van der Waals surface area contributed by atoms with Gasteiger partial charge in [-0.25, -0.2) is 4.98 Å². The van der Waals surface area contributed by atoms with Crippen molar-refractivity contribution in [2.75, 3.05) is 18.4 Å². The maximum atomic E-state index is 12.5. The molecule has 2 rings (SSSR count). The zero-order valence-corrected chi connectivity index (χ0v) is 13.5. The predicted octanol–water partition coefficient (Wildman–Crippen LogP) is 2.80. The van der Waals surface area contributed by atoms with Gasteiger partial charge in [0.05, 0.1) is 0 Å². The third-order valence-corrected chi connectivity index (χ3v) is 3.94. The largest absolute Gasteiger partial charge is 0.406 e. The summed E-state index contributed by atoms with van der Waals surface area (Å²) in [5.41, 5.74) is -0.213. The summed E-state index contributed by atoms with van der Waals surface area (Å²) < 4.78 is 41.6. The smallest absolute Gasteiger partial charge is 0.349 e. The molecule has 0 bridgehead atoms. The molecule has 0 aromatic carbocycles. The van der Waals surface area contributed by atoms with Gasteiger partial charge in [-0.05, 0) is 12.8 Å². The van der Waals surface area contributed by atoms with E-state index in [0.29, 0.717) is 23.8 Å². The van der Waals surface area contributed by atoms with Crippen molar-refractivity contribution in [2.24, 2.45) is 0 Å². The van der Waals surface area contributed by atoms with E-state index in [2.05, 4.69) is 14.7 Å². The first kappa shape index (κ1) is 17.0. The number of rotatable bonds is 3.